The first kappa shape index (κ1) is 18.2. The van der Waals surface area contributed by atoms with E-state index in [0.29, 0.717) is 12.0 Å². The Kier molecular flexibility index (Phi) is 8.69. The van der Waals surface area contributed by atoms with Crippen LogP contribution >= 0.6 is 0 Å². The van der Waals surface area contributed by atoms with Gasteiger partial charge >= 0.3 is 0 Å². The summed E-state index contributed by atoms with van der Waals surface area (Å²) in [5.74, 6) is 1.60. The van der Waals surface area contributed by atoms with Crippen LogP contribution in [0, 0.1) is 5.92 Å². The molecule has 0 amide bonds. The fourth-order valence-electron chi connectivity index (χ4n) is 2.42. The molecule has 2 N–H and O–H groups in total. The Morgan fingerprint density at radius 2 is 2.10 bits per heavy atom. The van der Waals surface area contributed by atoms with Gasteiger partial charge < -0.3 is 15.4 Å². The molecule has 0 aromatic heterocycles. The first-order chi connectivity index (χ1) is 10.0. The number of hydrogen-bond acceptors (Lipinski definition) is 3. The van der Waals surface area contributed by atoms with Crippen molar-refractivity contribution < 1.29 is 4.74 Å². The molecule has 1 aliphatic rings. The molecule has 0 aromatic rings. The van der Waals surface area contributed by atoms with E-state index in [2.05, 4.69) is 55.1 Å². The number of guanidine groups is 1. The smallest absolute Gasteiger partial charge is 0.191 e. The van der Waals surface area contributed by atoms with E-state index < -0.39 is 0 Å². The molecule has 1 saturated heterocycles. The molecular weight excluding hydrogens is 264 g/mol. The maximum atomic E-state index is 5.85. The van der Waals surface area contributed by atoms with Crippen molar-refractivity contribution in [3.63, 3.8) is 0 Å². The molecule has 124 valence electrons. The van der Waals surface area contributed by atoms with Crippen LogP contribution in [0.2, 0.25) is 0 Å². The molecule has 2 unspecified atom stereocenters. The van der Waals surface area contributed by atoms with Gasteiger partial charge in [0.1, 0.15) is 0 Å². The van der Waals surface area contributed by atoms with Crippen molar-refractivity contribution >= 4 is 5.96 Å². The van der Waals surface area contributed by atoms with E-state index in [4.69, 9.17) is 4.74 Å². The van der Waals surface area contributed by atoms with Crippen LogP contribution in [0.4, 0.5) is 0 Å². The summed E-state index contributed by atoms with van der Waals surface area (Å²) in [4.78, 5) is 7.17. The highest BCUT2D eigenvalue weighted by Gasteiger charge is 2.20. The van der Waals surface area contributed by atoms with Crippen molar-refractivity contribution in [3.8, 4) is 0 Å². The van der Waals surface area contributed by atoms with Crippen LogP contribution in [0.15, 0.2) is 4.99 Å². The Bertz CT molecular complexity index is 307. The molecule has 1 rings (SSSR count). The topological polar surface area (TPSA) is 48.9 Å². The minimum Gasteiger partial charge on any atom is -0.374 e. The van der Waals surface area contributed by atoms with Crippen LogP contribution in [0.25, 0.3) is 0 Å². The second-order valence-corrected chi connectivity index (χ2v) is 6.32. The quantitative estimate of drug-likeness (QED) is 0.555. The molecule has 5 heteroatoms. The van der Waals surface area contributed by atoms with Gasteiger partial charge in [0.15, 0.2) is 5.96 Å². The number of morpholine rings is 1. The number of hydrogen-bond donors (Lipinski definition) is 2. The predicted octanol–water partition coefficient (Wildman–Crippen LogP) is 1.70. The highest BCUT2D eigenvalue weighted by Crippen LogP contribution is 2.08. The Labute approximate surface area is 130 Å². The Morgan fingerprint density at radius 1 is 1.33 bits per heavy atom. The Hall–Kier alpha value is -0.810. The summed E-state index contributed by atoms with van der Waals surface area (Å²) in [6.07, 6.45) is 1.30. The van der Waals surface area contributed by atoms with Gasteiger partial charge in [0.2, 0.25) is 0 Å². The van der Waals surface area contributed by atoms with Crippen molar-refractivity contribution in [1.82, 2.24) is 15.5 Å². The van der Waals surface area contributed by atoms with Gasteiger partial charge in [0.05, 0.1) is 19.3 Å². The average Bonchev–Trinajstić information content (AvgIpc) is 2.44. The summed E-state index contributed by atoms with van der Waals surface area (Å²) >= 11 is 0. The lowest BCUT2D eigenvalue weighted by atomic mass is 10.2. The molecule has 0 saturated carbocycles. The number of ether oxygens (including phenoxy) is 1. The summed E-state index contributed by atoms with van der Waals surface area (Å²) < 4.78 is 5.85. The van der Waals surface area contributed by atoms with E-state index in [1.807, 2.05) is 0 Å². The van der Waals surface area contributed by atoms with E-state index in [9.17, 15) is 0 Å². The van der Waals surface area contributed by atoms with Crippen LogP contribution in [0.5, 0.6) is 0 Å². The molecule has 21 heavy (non-hydrogen) atoms. The van der Waals surface area contributed by atoms with Crippen LogP contribution in [-0.4, -0.2) is 62.3 Å². The molecule has 2 atom stereocenters. The molecule has 0 aliphatic carbocycles. The van der Waals surface area contributed by atoms with Crippen molar-refractivity contribution in [1.29, 1.82) is 0 Å². The van der Waals surface area contributed by atoms with Crippen molar-refractivity contribution in [2.45, 2.75) is 53.2 Å². The standard InChI is InChI=1S/C16H34N4O/c1-6-14(5)19-16(17-7-2)18-10-15-12-20(8-9-21-15)11-13(3)4/h13-15H,6-12H2,1-5H3,(H2,17,18,19). The molecule has 5 nitrogen and oxygen atoms in total. The average molecular weight is 298 g/mol. The van der Waals surface area contributed by atoms with Gasteiger partial charge in [-0.2, -0.15) is 0 Å². The number of aliphatic imine (C=N–C) groups is 1. The van der Waals surface area contributed by atoms with Gasteiger partial charge in [-0.15, -0.1) is 0 Å². The second kappa shape index (κ2) is 10.0. The van der Waals surface area contributed by atoms with Gasteiger partial charge in [-0.3, -0.25) is 9.89 Å². The molecule has 0 bridgehead atoms. The maximum absolute atomic E-state index is 5.85. The van der Waals surface area contributed by atoms with Crippen molar-refractivity contribution in [2.24, 2.45) is 10.9 Å². The molecule has 1 fully saturated rings. The zero-order valence-electron chi connectivity index (χ0n) is 14.5. The van der Waals surface area contributed by atoms with Crippen LogP contribution in [0.1, 0.15) is 41.0 Å². The van der Waals surface area contributed by atoms with Gasteiger partial charge in [-0.05, 0) is 26.2 Å². The molecule has 1 aliphatic heterocycles. The number of nitrogens with one attached hydrogen (secondary N) is 2. The Morgan fingerprint density at radius 3 is 2.71 bits per heavy atom. The summed E-state index contributed by atoms with van der Waals surface area (Å²) in [7, 11) is 0. The number of nitrogens with zero attached hydrogens (tertiary/aromatic N) is 2. The molecule has 0 aromatic carbocycles. The van der Waals surface area contributed by atoms with E-state index in [-0.39, 0.29) is 6.10 Å². The summed E-state index contributed by atoms with van der Waals surface area (Å²) in [5, 5.41) is 6.72. The maximum Gasteiger partial charge on any atom is 0.191 e. The zero-order valence-corrected chi connectivity index (χ0v) is 14.5. The first-order valence-electron chi connectivity index (χ1n) is 8.43. The third-order valence-electron chi connectivity index (χ3n) is 3.64. The normalized spacial score (nSPS) is 22.4. The van der Waals surface area contributed by atoms with Gasteiger partial charge in [0.25, 0.3) is 0 Å². The van der Waals surface area contributed by atoms with Crippen molar-refractivity contribution in [3.05, 3.63) is 0 Å². The third-order valence-corrected chi connectivity index (χ3v) is 3.64. The fourth-order valence-corrected chi connectivity index (χ4v) is 2.42. The minimum absolute atomic E-state index is 0.213. The van der Waals surface area contributed by atoms with E-state index in [0.717, 1.165) is 51.7 Å². The summed E-state index contributed by atoms with van der Waals surface area (Å²) in [6.45, 7) is 16.6. The lowest BCUT2D eigenvalue weighted by Crippen LogP contribution is -2.46. The van der Waals surface area contributed by atoms with E-state index >= 15 is 0 Å². The zero-order chi connectivity index (χ0) is 15.7. The summed E-state index contributed by atoms with van der Waals surface area (Å²) in [6, 6.07) is 0.438. The largest absolute Gasteiger partial charge is 0.374 e. The van der Waals surface area contributed by atoms with E-state index in [1.165, 1.54) is 0 Å². The van der Waals surface area contributed by atoms with Gasteiger partial charge in [0, 0.05) is 32.2 Å². The molecule has 0 radical (unpaired) electrons. The van der Waals surface area contributed by atoms with Gasteiger partial charge in [-0.25, -0.2) is 0 Å². The SMILES string of the molecule is CCNC(=NCC1CN(CC(C)C)CCO1)NC(C)CC. The highest BCUT2D eigenvalue weighted by atomic mass is 16.5. The first-order valence-corrected chi connectivity index (χ1v) is 8.43. The molecule has 1 heterocycles. The van der Waals surface area contributed by atoms with Crippen molar-refractivity contribution in [2.75, 3.05) is 39.3 Å². The van der Waals surface area contributed by atoms with E-state index in [1.54, 1.807) is 0 Å². The third kappa shape index (κ3) is 7.67. The lowest BCUT2D eigenvalue weighted by molar-refractivity contribution is -0.0262. The Balaban J connectivity index is 2.46. The lowest BCUT2D eigenvalue weighted by Gasteiger charge is -2.33. The summed E-state index contributed by atoms with van der Waals surface area (Å²) in [5.41, 5.74) is 0. The van der Waals surface area contributed by atoms with Crippen LogP contribution in [0.3, 0.4) is 0 Å². The second-order valence-electron chi connectivity index (χ2n) is 6.32. The van der Waals surface area contributed by atoms with Crippen LogP contribution < -0.4 is 10.6 Å². The monoisotopic (exact) mass is 298 g/mol. The molecular formula is C16H34N4O. The minimum atomic E-state index is 0.213. The van der Waals surface area contributed by atoms with Gasteiger partial charge in [-0.1, -0.05) is 20.8 Å². The van der Waals surface area contributed by atoms with Crippen LogP contribution in [-0.2, 0) is 4.74 Å². The predicted molar refractivity (Wildman–Crippen MR) is 89.9 cm³/mol. The molecule has 0 spiro atoms. The fraction of sp³-hybridized carbons (Fsp3) is 0.938. The number of rotatable bonds is 7. The highest BCUT2D eigenvalue weighted by molar-refractivity contribution is 5.80.